The van der Waals surface area contributed by atoms with Crippen molar-refractivity contribution in [3.63, 3.8) is 0 Å². The van der Waals surface area contributed by atoms with Gasteiger partial charge in [0.25, 0.3) is 0 Å². The van der Waals surface area contributed by atoms with Gasteiger partial charge in [0.1, 0.15) is 15.9 Å². The molecule has 2 heterocycles. The number of hydrogen-bond acceptors (Lipinski definition) is 6. The monoisotopic (exact) mass is 718 g/mol. The number of halogens is 1. The summed E-state index contributed by atoms with van der Waals surface area (Å²) in [6, 6.07) is 25.8. The predicted octanol–water partition coefficient (Wildman–Crippen LogP) is 14.0. The number of aryl methyl sites for hydroxylation is 1. The van der Waals surface area contributed by atoms with Crippen LogP contribution in [0.1, 0.15) is 96.6 Å². The molecule has 7 heteroatoms. The minimum absolute atomic E-state index is 0.0856. The van der Waals surface area contributed by atoms with Gasteiger partial charge in [0, 0.05) is 43.6 Å². The normalized spacial score (nSPS) is 16.1. The van der Waals surface area contributed by atoms with Gasteiger partial charge in [-0.05, 0) is 61.2 Å². The van der Waals surface area contributed by atoms with Gasteiger partial charge in [-0.15, -0.1) is 23.5 Å². The molecular formula is C41H51FN2S4. The molecule has 3 aliphatic rings. The molecule has 2 aliphatic heterocycles. The summed E-state index contributed by atoms with van der Waals surface area (Å²) in [4.78, 5) is 14.6. The highest BCUT2D eigenvalue weighted by Crippen LogP contribution is 2.43. The van der Waals surface area contributed by atoms with Gasteiger partial charge in [-0.25, -0.2) is 14.4 Å². The van der Waals surface area contributed by atoms with Crippen LogP contribution in [-0.2, 0) is 0 Å². The molecule has 1 aliphatic carbocycles. The second-order valence-corrected chi connectivity index (χ2v) is 17.4. The second kappa shape index (κ2) is 19.9. The molecule has 256 valence electrons. The van der Waals surface area contributed by atoms with Crippen molar-refractivity contribution < 1.29 is 4.39 Å². The van der Waals surface area contributed by atoms with Crippen molar-refractivity contribution in [1.82, 2.24) is 0 Å². The third kappa shape index (κ3) is 12.6. The Hall–Kier alpha value is -2.19. The summed E-state index contributed by atoms with van der Waals surface area (Å²) < 4.78 is 13.3. The highest BCUT2D eigenvalue weighted by molar-refractivity contribution is 8.07. The van der Waals surface area contributed by atoms with Crippen molar-refractivity contribution in [2.75, 3.05) is 12.0 Å². The summed E-state index contributed by atoms with van der Waals surface area (Å²) in [5.41, 5.74) is 5.00. The zero-order valence-corrected chi connectivity index (χ0v) is 32.7. The molecule has 0 unspecified atom stereocenters. The number of aliphatic imine (C=N–C) groups is 2. The Morgan fingerprint density at radius 3 is 1.92 bits per heavy atom. The van der Waals surface area contributed by atoms with Gasteiger partial charge in [0.15, 0.2) is 0 Å². The zero-order chi connectivity index (χ0) is 34.4. The van der Waals surface area contributed by atoms with Gasteiger partial charge in [-0.3, -0.25) is 0 Å². The third-order valence-electron chi connectivity index (χ3n) is 8.05. The Morgan fingerprint density at radius 2 is 1.33 bits per heavy atom. The second-order valence-electron chi connectivity index (χ2n) is 13.2. The summed E-state index contributed by atoms with van der Waals surface area (Å²) in [5.74, 6) is 0.913. The average molecular weight is 719 g/mol. The molecule has 0 N–H and O–H groups in total. The van der Waals surface area contributed by atoms with Crippen LogP contribution >= 0.6 is 47.0 Å². The van der Waals surface area contributed by atoms with E-state index in [-0.39, 0.29) is 11.2 Å². The summed E-state index contributed by atoms with van der Waals surface area (Å²) in [6.07, 6.45) is 14.2. The predicted molar refractivity (Wildman–Crippen MR) is 216 cm³/mol. The average Bonchev–Trinajstić information content (AvgIpc) is 3.70. The Bertz CT molecular complexity index is 1570. The molecule has 2 nitrogen and oxygen atoms in total. The number of nitrogens with zero attached hydrogens (tertiary/aromatic N) is 2. The smallest absolute Gasteiger partial charge is 0.124 e. The van der Waals surface area contributed by atoms with E-state index in [1.54, 1.807) is 47.4 Å². The molecule has 1 saturated carbocycles. The number of benzene rings is 3. The molecule has 0 aromatic heterocycles. The summed E-state index contributed by atoms with van der Waals surface area (Å²) in [7, 11) is 0. The molecule has 1 fully saturated rings. The van der Waals surface area contributed by atoms with Crippen LogP contribution in [0.2, 0.25) is 0 Å². The van der Waals surface area contributed by atoms with E-state index in [0.29, 0.717) is 0 Å². The number of thioether (sulfide) groups is 4. The number of allylic oxidation sites excluding steroid dienone is 2. The first kappa shape index (κ1) is 38.6. The molecular weight excluding hydrogens is 668 g/mol. The fraction of sp³-hybridized carbons (Fsp3) is 0.415. The van der Waals surface area contributed by atoms with Crippen LogP contribution in [0.25, 0.3) is 0 Å². The van der Waals surface area contributed by atoms with E-state index >= 15 is 0 Å². The minimum Gasteiger partial charge on any atom is -0.249 e. The highest BCUT2D eigenvalue weighted by Gasteiger charge is 2.27. The van der Waals surface area contributed by atoms with Crippen molar-refractivity contribution in [2.45, 2.75) is 102 Å². The lowest BCUT2D eigenvalue weighted by Crippen LogP contribution is -2.18. The van der Waals surface area contributed by atoms with Gasteiger partial charge in [-0.2, -0.15) is 0 Å². The van der Waals surface area contributed by atoms with E-state index in [4.69, 9.17) is 9.98 Å². The largest absolute Gasteiger partial charge is 0.249 e. The van der Waals surface area contributed by atoms with Crippen molar-refractivity contribution in [3.05, 3.63) is 116 Å². The van der Waals surface area contributed by atoms with Gasteiger partial charge < -0.3 is 0 Å². The number of rotatable bonds is 9. The molecule has 3 aromatic carbocycles. The van der Waals surface area contributed by atoms with E-state index in [1.165, 1.54) is 81.8 Å². The van der Waals surface area contributed by atoms with Crippen molar-refractivity contribution in [2.24, 2.45) is 15.4 Å². The van der Waals surface area contributed by atoms with Gasteiger partial charge in [-0.1, -0.05) is 144 Å². The first-order chi connectivity index (χ1) is 23.2. The van der Waals surface area contributed by atoms with Gasteiger partial charge >= 0.3 is 0 Å². The quantitative estimate of drug-likeness (QED) is 0.220. The van der Waals surface area contributed by atoms with E-state index in [1.807, 2.05) is 23.9 Å². The van der Waals surface area contributed by atoms with Crippen LogP contribution in [0, 0.1) is 18.2 Å². The standard InChI is InChI=1S/C18H17NS2.C17H22FNS2.C6H12/c1-13-8-10-15(11-9-13)21-18-17(20-2)12-16(19-18)14-6-4-3-5-7-14;1-5-9-20-14-11-15(17(2,3)4)19-16(14)21-13-8-6-7-12(18)10-13;1-2-4-6-5-3-1/h3-11H,12H2,1-2H3;6-8,10H,5,9,11H2,1-4H3;1-6H2. The highest BCUT2D eigenvalue weighted by atomic mass is 32.2. The molecule has 48 heavy (non-hydrogen) atoms. The summed E-state index contributed by atoms with van der Waals surface area (Å²) in [5, 5.41) is 2.19. The first-order valence-electron chi connectivity index (χ1n) is 17.2. The van der Waals surface area contributed by atoms with Crippen LogP contribution in [0.5, 0.6) is 0 Å². The Labute approximate surface area is 306 Å². The third-order valence-corrected chi connectivity index (χ3v) is 12.5. The van der Waals surface area contributed by atoms with E-state index < -0.39 is 0 Å². The van der Waals surface area contributed by atoms with Crippen LogP contribution in [0.3, 0.4) is 0 Å². The van der Waals surface area contributed by atoms with Crippen molar-refractivity contribution in [1.29, 1.82) is 0 Å². The first-order valence-corrected chi connectivity index (χ1v) is 21.0. The van der Waals surface area contributed by atoms with Crippen LogP contribution in [0.15, 0.2) is 119 Å². The van der Waals surface area contributed by atoms with E-state index in [2.05, 4.69) is 89.4 Å². The molecule has 3 aromatic rings. The molecule has 6 rings (SSSR count). The SMILES string of the molecule is C1CCCCC1.CCCSC1=C(Sc2cccc(F)c2)N=C(C(C)(C)C)C1.CSC1=C(Sc2ccc(C)cc2)N=C(c2ccccc2)C1. The van der Waals surface area contributed by atoms with Crippen LogP contribution < -0.4 is 0 Å². The Balaban J connectivity index is 0.000000185. The molecule has 0 atom stereocenters. The van der Waals surface area contributed by atoms with Crippen molar-refractivity contribution in [3.8, 4) is 0 Å². The molecule has 0 saturated heterocycles. The van der Waals surface area contributed by atoms with Crippen LogP contribution in [-0.4, -0.2) is 23.4 Å². The Morgan fingerprint density at radius 1 is 0.708 bits per heavy atom. The van der Waals surface area contributed by atoms with Crippen LogP contribution in [0.4, 0.5) is 4.39 Å². The topological polar surface area (TPSA) is 24.7 Å². The van der Waals surface area contributed by atoms with E-state index in [0.717, 1.165) is 40.0 Å². The minimum atomic E-state index is -0.193. The maximum atomic E-state index is 13.3. The fourth-order valence-corrected chi connectivity index (χ4v) is 8.97. The molecule has 0 bridgehead atoms. The lowest BCUT2D eigenvalue weighted by molar-refractivity contribution is 0.504. The fourth-order valence-electron chi connectivity index (χ4n) is 5.21. The van der Waals surface area contributed by atoms with Gasteiger partial charge in [0.2, 0.25) is 0 Å². The maximum Gasteiger partial charge on any atom is 0.124 e. The lowest BCUT2D eigenvalue weighted by atomic mass is 9.89. The van der Waals surface area contributed by atoms with Crippen molar-refractivity contribution >= 4 is 58.5 Å². The molecule has 0 spiro atoms. The van der Waals surface area contributed by atoms with Gasteiger partial charge in [0.05, 0.1) is 5.71 Å². The summed E-state index contributed by atoms with van der Waals surface area (Å²) in [6.45, 7) is 10.9. The number of hydrogen-bond donors (Lipinski definition) is 0. The maximum absolute atomic E-state index is 13.3. The zero-order valence-electron chi connectivity index (χ0n) is 29.5. The lowest BCUT2D eigenvalue weighted by Gasteiger charge is -2.18. The Kier molecular flexibility index (Phi) is 16.0. The van der Waals surface area contributed by atoms with E-state index in [9.17, 15) is 4.39 Å². The molecule has 0 radical (unpaired) electrons. The summed E-state index contributed by atoms with van der Waals surface area (Å²) >= 11 is 7.03. The molecule has 0 amide bonds.